The van der Waals surface area contributed by atoms with Crippen LogP contribution >= 0.6 is 11.3 Å². The quantitative estimate of drug-likeness (QED) is 0.860. The highest BCUT2D eigenvalue weighted by atomic mass is 32.1. The molecule has 0 radical (unpaired) electrons. The fraction of sp³-hybridized carbons (Fsp3) is 0.533. The Morgan fingerprint density at radius 3 is 2.82 bits per heavy atom. The van der Waals surface area contributed by atoms with E-state index in [1.165, 1.54) is 28.7 Å². The summed E-state index contributed by atoms with van der Waals surface area (Å²) in [4.78, 5) is 38.6. The minimum atomic E-state index is -0.963. The smallest absolute Gasteiger partial charge is 0.349 e. The third-order valence-corrected chi connectivity index (χ3v) is 5.17. The van der Waals surface area contributed by atoms with Gasteiger partial charge in [-0.3, -0.25) is 9.69 Å². The number of hydrogen-bond acceptors (Lipinski definition) is 5. The Hall–Kier alpha value is -1.89. The lowest BCUT2D eigenvalue weighted by Gasteiger charge is -2.17. The topological polar surface area (TPSA) is 75.7 Å². The van der Waals surface area contributed by atoms with E-state index in [1.54, 1.807) is 0 Å². The largest absolute Gasteiger partial charge is 0.448 e. The average molecular weight is 322 g/mol. The number of nitrogens with one attached hydrogen (secondary N) is 1. The third kappa shape index (κ3) is 2.85. The Kier molecular flexibility index (Phi) is 4.15. The molecular formula is C15H18N2O4S. The average Bonchev–Trinajstić information content (AvgIpc) is 3.12. The van der Waals surface area contributed by atoms with Crippen molar-refractivity contribution >= 4 is 29.2 Å². The first-order valence-corrected chi connectivity index (χ1v) is 8.29. The molecule has 22 heavy (non-hydrogen) atoms. The van der Waals surface area contributed by atoms with Gasteiger partial charge in [-0.1, -0.05) is 0 Å². The molecule has 2 aliphatic rings. The lowest BCUT2D eigenvalue weighted by Crippen LogP contribution is -2.41. The predicted molar refractivity (Wildman–Crippen MR) is 81.0 cm³/mol. The molecule has 1 aromatic heterocycles. The molecule has 0 spiro atoms. The van der Waals surface area contributed by atoms with Crippen LogP contribution in [-0.2, 0) is 22.4 Å². The van der Waals surface area contributed by atoms with Gasteiger partial charge in [0.05, 0.1) is 0 Å². The second kappa shape index (κ2) is 6.08. The van der Waals surface area contributed by atoms with E-state index >= 15 is 0 Å². The van der Waals surface area contributed by atoms with Crippen LogP contribution in [0.5, 0.6) is 0 Å². The SMILES string of the molecule is C[C@@H](OC(=O)c1cc2c(s1)CCCC2)C(=O)N1CCNC1=O. The number of urea groups is 1. The number of carbonyl (C=O) groups excluding carboxylic acids is 3. The van der Waals surface area contributed by atoms with Crippen LogP contribution in [0.1, 0.15) is 39.9 Å². The van der Waals surface area contributed by atoms with Crippen molar-refractivity contribution < 1.29 is 19.1 Å². The van der Waals surface area contributed by atoms with Crippen molar-refractivity contribution in [2.24, 2.45) is 0 Å². The Bertz CT molecular complexity index is 602. The molecular weight excluding hydrogens is 304 g/mol. The highest BCUT2D eigenvalue weighted by Gasteiger charge is 2.32. The number of rotatable bonds is 3. The van der Waals surface area contributed by atoms with E-state index in [0.29, 0.717) is 18.0 Å². The van der Waals surface area contributed by atoms with E-state index in [0.717, 1.165) is 30.6 Å². The fourth-order valence-corrected chi connectivity index (χ4v) is 3.90. The van der Waals surface area contributed by atoms with Crippen LogP contribution in [-0.4, -0.2) is 42.0 Å². The van der Waals surface area contributed by atoms with Crippen molar-refractivity contribution in [3.8, 4) is 0 Å². The summed E-state index contributed by atoms with van der Waals surface area (Å²) in [5.74, 6) is -0.968. The highest BCUT2D eigenvalue weighted by Crippen LogP contribution is 2.30. The lowest BCUT2D eigenvalue weighted by molar-refractivity contribution is -0.135. The maximum Gasteiger partial charge on any atom is 0.349 e. The molecule has 0 saturated carbocycles. The molecule has 7 heteroatoms. The van der Waals surface area contributed by atoms with E-state index in [-0.39, 0.29) is 0 Å². The molecule has 1 aliphatic heterocycles. The summed E-state index contributed by atoms with van der Waals surface area (Å²) in [5, 5.41) is 2.55. The van der Waals surface area contributed by atoms with Crippen molar-refractivity contribution in [3.63, 3.8) is 0 Å². The van der Waals surface area contributed by atoms with Crippen molar-refractivity contribution in [1.82, 2.24) is 10.2 Å². The molecule has 3 rings (SSSR count). The van der Waals surface area contributed by atoms with Crippen LogP contribution in [0, 0.1) is 0 Å². The Morgan fingerprint density at radius 2 is 2.14 bits per heavy atom. The van der Waals surface area contributed by atoms with Gasteiger partial charge < -0.3 is 10.1 Å². The maximum atomic E-state index is 12.2. The van der Waals surface area contributed by atoms with Gasteiger partial charge in [-0.25, -0.2) is 9.59 Å². The summed E-state index contributed by atoms with van der Waals surface area (Å²) in [6.45, 7) is 2.25. The number of aryl methyl sites for hydroxylation is 2. The zero-order chi connectivity index (χ0) is 15.7. The zero-order valence-corrected chi connectivity index (χ0v) is 13.2. The molecule has 1 fully saturated rings. The van der Waals surface area contributed by atoms with Crippen LogP contribution in [0.25, 0.3) is 0 Å². The van der Waals surface area contributed by atoms with Crippen LogP contribution in [0.2, 0.25) is 0 Å². The summed E-state index contributed by atoms with van der Waals surface area (Å²) >= 11 is 1.45. The third-order valence-electron chi connectivity index (χ3n) is 3.95. The minimum absolute atomic E-state index is 0.312. The molecule has 1 aromatic rings. The van der Waals surface area contributed by atoms with E-state index in [1.807, 2.05) is 6.07 Å². The zero-order valence-electron chi connectivity index (χ0n) is 12.4. The Labute approximate surface area is 132 Å². The molecule has 1 aliphatic carbocycles. The maximum absolute atomic E-state index is 12.2. The Morgan fingerprint density at radius 1 is 1.36 bits per heavy atom. The summed E-state index contributed by atoms with van der Waals surface area (Å²) in [5.41, 5.74) is 1.22. The number of imide groups is 1. The number of hydrogen-bond donors (Lipinski definition) is 1. The lowest BCUT2D eigenvalue weighted by atomic mass is 9.99. The van der Waals surface area contributed by atoms with E-state index < -0.39 is 24.0 Å². The van der Waals surface area contributed by atoms with E-state index in [2.05, 4.69) is 5.32 Å². The van der Waals surface area contributed by atoms with Gasteiger partial charge in [0.25, 0.3) is 5.91 Å². The van der Waals surface area contributed by atoms with E-state index in [4.69, 9.17) is 4.74 Å². The van der Waals surface area contributed by atoms with Gasteiger partial charge in [0.15, 0.2) is 6.10 Å². The first-order valence-electron chi connectivity index (χ1n) is 7.48. The number of carbonyl (C=O) groups is 3. The molecule has 3 amide bonds. The summed E-state index contributed by atoms with van der Waals surface area (Å²) in [6, 6.07) is 1.45. The van der Waals surface area contributed by atoms with Gasteiger partial charge in [-0.15, -0.1) is 11.3 Å². The number of esters is 1. The highest BCUT2D eigenvalue weighted by molar-refractivity contribution is 7.14. The first kappa shape index (κ1) is 15.0. The van der Waals surface area contributed by atoms with Crippen molar-refractivity contribution in [2.75, 3.05) is 13.1 Å². The van der Waals surface area contributed by atoms with Gasteiger partial charge in [-0.2, -0.15) is 0 Å². The molecule has 118 valence electrons. The van der Waals surface area contributed by atoms with Crippen LogP contribution in [0.3, 0.4) is 0 Å². The number of thiophene rings is 1. The number of fused-ring (bicyclic) bond motifs is 1. The number of ether oxygens (including phenoxy) is 1. The molecule has 1 atom stereocenters. The Balaban J connectivity index is 1.64. The molecule has 0 bridgehead atoms. The van der Waals surface area contributed by atoms with Crippen LogP contribution in [0.15, 0.2) is 6.07 Å². The van der Waals surface area contributed by atoms with Crippen molar-refractivity contribution in [3.05, 3.63) is 21.4 Å². The van der Waals surface area contributed by atoms with Crippen LogP contribution < -0.4 is 5.32 Å². The summed E-state index contributed by atoms with van der Waals surface area (Å²) < 4.78 is 5.24. The number of amides is 3. The van der Waals surface area contributed by atoms with Gasteiger partial charge in [0.1, 0.15) is 4.88 Å². The molecule has 0 aromatic carbocycles. The molecule has 2 heterocycles. The fourth-order valence-electron chi connectivity index (χ4n) is 2.76. The minimum Gasteiger partial charge on any atom is -0.448 e. The monoisotopic (exact) mass is 322 g/mol. The molecule has 1 N–H and O–H groups in total. The summed E-state index contributed by atoms with van der Waals surface area (Å²) in [6.07, 6.45) is 3.35. The number of nitrogens with zero attached hydrogens (tertiary/aromatic N) is 1. The standard InChI is InChI=1S/C15H18N2O4S/c1-9(13(18)17-7-6-16-15(17)20)21-14(19)12-8-10-4-2-3-5-11(10)22-12/h8-9H,2-7H2,1H3,(H,16,20)/t9-/m1/s1. The van der Waals surface area contributed by atoms with Gasteiger partial charge >= 0.3 is 12.0 Å². The second-order valence-corrected chi connectivity index (χ2v) is 6.67. The van der Waals surface area contributed by atoms with Gasteiger partial charge in [0, 0.05) is 18.0 Å². The first-order chi connectivity index (χ1) is 10.6. The van der Waals surface area contributed by atoms with Gasteiger partial charge in [-0.05, 0) is 44.2 Å². The summed E-state index contributed by atoms with van der Waals surface area (Å²) in [7, 11) is 0. The molecule has 1 saturated heterocycles. The predicted octanol–water partition coefficient (Wildman–Crippen LogP) is 1.72. The molecule has 6 nitrogen and oxygen atoms in total. The normalized spacial score (nSPS) is 18.6. The van der Waals surface area contributed by atoms with Crippen LogP contribution in [0.4, 0.5) is 4.79 Å². The van der Waals surface area contributed by atoms with Gasteiger partial charge in [0.2, 0.25) is 0 Å². The van der Waals surface area contributed by atoms with Crippen molar-refractivity contribution in [2.45, 2.75) is 38.7 Å². The van der Waals surface area contributed by atoms with Crippen molar-refractivity contribution in [1.29, 1.82) is 0 Å². The van der Waals surface area contributed by atoms with E-state index in [9.17, 15) is 14.4 Å². The second-order valence-electron chi connectivity index (χ2n) is 5.54. The molecule has 0 unspecified atom stereocenters.